The van der Waals surface area contributed by atoms with Gasteiger partial charge in [-0.3, -0.25) is 0 Å². The van der Waals surface area contributed by atoms with Gasteiger partial charge in [0, 0.05) is 13.0 Å². The van der Waals surface area contributed by atoms with E-state index in [0.29, 0.717) is 18.2 Å². The van der Waals surface area contributed by atoms with Gasteiger partial charge in [-0.1, -0.05) is 0 Å². The lowest BCUT2D eigenvalue weighted by Gasteiger charge is -2.15. The third-order valence-electron chi connectivity index (χ3n) is 2.30. The second-order valence-corrected chi connectivity index (χ2v) is 3.45. The van der Waals surface area contributed by atoms with E-state index in [1.807, 2.05) is 0 Å². The average molecular weight is 215 g/mol. The summed E-state index contributed by atoms with van der Waals surface area (Å²) in [6.45, 7) is -0.0152. The molecule has 1 aromatic rings. The largest absolute Gasteiger partial charge is 0.494 e. The van der Waals surface area contributed by atoms with Crippen molar-refractivity contribution in [1.29, 1.82) is 0 Å². The van der Waals surface area contributed by atoms with Crippen molar-refractivity contribution in [2.24, 2.45) is 0 Å². The van der Waals surface area contributed by atoms with E-state index in [1.165, 1.54) is 24.4 Å². The van der Waals surface area contributed by atoms with Crippen LogP contribution in [-0.4, -0.2) is 36.1 Å². The lowest BCUT2D eigenvalue weighted by Crippen LogP contribution is -2.26. The van der Waals surface area contributed by atoms with Gasteiger partial charge in [0.15, 0.2) is 5.75 Å². The van der Waals surface area contributed by atoms with Crippen molar-refractivity contribution in [3.63, 3.8) is 0 Å². The van der Waals surface area contributed by atoms with Crippen molar-refractivity contribution < 1.29 is 13.5 Å². The molecule has 0 aliphatic carbocycles. The molecule has 15 heavy (non-hydrogen) atoms. The minimum absolute atomic E-state index is 0.137. The average Bonchev–Trinajstić information content (AvgIpc) is 2.59. The Labute approximate surface area is 85.9 Å². The van der Waals surface area contributed by atoms with Crippen LogP contribution in [0.15, 0.2) is 12.4 Å². The van der Waals surface area contributed by atoms with E-state index in [2.05, 4.69) is 9.97 Å². The molecule has 0 saturated carbocycles. The van der Waals surface area contributed by atoms with Gasteiger partial charge in [0.25, 0.3) is 5.92 Å². The monoisotopic (exact) mass is 215 g/mol. The molecule has 0 N–H and O–H groups in total. The topological polar surface area (TPSA) is 38.2 Å². The zero-order chi connectivity index (χ0) is 10.9. The molecule has 6 heteroatoms. The Kier molecular flexibility index (Phi) is 2.42. The number of hydrogen-bond donors (Lipinski definition) is 0. The van der Waals surface area contributed by atoms with Crippen molar-refractivity contribution >= 4 is 5.95 Å². The number of nitrogens with zero attached hydrogens (tertiary/aromatic N) is 3. The molecule has 1 fully saturated rings. The second-order valence-electron chi connectivity index (χ2n) is 3.45. The Balaban J connectivity index is 2.11. The zero-order valence-corrected chi connectivity index (χ0v) is 8.28. The van der Waals surface area contributed by atoms with E-state index in [0.717, 1.165) is 0 Å². The molecule has 4 nitrogen and oxygen atoms in total. The van der Waals surface area contributed by atoms with Crippen molar-refractivity contribution in [3.05, 3.63) is 12.4 Å². The summed E-state index contributed by atoms with van der Waals surface area (Å²) in [6, 6.07) is 0. The molecule has 0 bridgehead atoms. The maximum atomic E-state index is 12.9. The van der Waals surface area contributed by atoms with Gasteiger partial charge < -0.3 is 9.64 Å². The minimum Gasteiger partial charge on any atom is -0.494 e. The Hall–Kier alpha value is -1.46. The fraction of sp³-hybridized carbons (Fsp3) is 0.556. The maximum Gasteiger partial charge on any atom is 0.267 e. The third kappa shape index (κ3) is 2.14. The smallest absolute Gasteiger partial charge is 0.267 e. The van der Waals surface area contributed by atoms with Crippen LogP contribution in [0.4, 0.5) is 14.7 Å². The number of anilines is 1. The van der Waals surface area contributed by atoms with E-state index in [1.54, 1.807) is 0 Å². The summed E-state index contributed by atoms with van der Waals surface area (Å²) in [7, 11) is 1.50. The number of halogens is 2. The van der Waals surface area contributed by atoms with E-state index in [-0.39, 0.29) is 13.0 Å². The van der Waals surface area contributed by atoms with E-state index < -0.39 is 5.92 Å². The van der Waals surface area contributed by atoms with Crippen LogP contribution in [0.5, 0.6) is 5.75 Å². The minimum atomic E-state index is -2.62. The number of rotatable bonds is 2. The first-order chi connectivity index (χ1) is 7.11. The van der Waals surface area contributed by atoms with Crippen LogP contribution in [0.2, 0.25) is 0 Å². The van der Waals surface area contributed by atoms with Crippen molar-refractivity contribution in [1.82, 2.24) is 9.97 Å². The number of alkyl halides is 2. The van der Waals surface area contributed by atoms with Crippen LogP contribution >= 0.6 is 0 Å². The van der Waals surface area contributed by atoms with Crippen LogP contribution in [0.1, 0.15) is 6.42 Å². The summed E-state index contributed by atoms with van der Waals surface area (Å²) < 4.78 is 30.7. The Bertz CT molecular complexity index is 342. The first-order valence-corrected chi connectivity index (χ1v) is 4.59. The Morgan fingerprint density at radius 2 is 2.07 bits per heavy atom. The van der Waals surface area contributed by atoms with Crippen LogP contribution in [-0.2, 0) is 0 Å². The molecule has 1 aliphatic rings. The van der Waals surface area contributed by atoms with E-state index in [4.69, 9.17) is 4.74 Å². The van der Waals surface area contributed by atoms with Gasteiger partial charge in [0.1, 0.15) is 0 Å². The van der Waals surface area contributed by atoms with Gasteiger partial charge in [-0.15, -0.1) is 0 Å². The van der Waals surface area contributed by atoms with E-state index in [9.17, 15) is 8.78 Å². The van der Waals surface area contributed by atoms with Crippen LogP contribution in [0.3, 0.4) is 0 Å². The highest BCUT2D eigenvalue weighted by Gasteiger charge is 2.39. The normalized spacial score (nSPS) is 19.3. The van der Waals surface area contributed by atoms with Crippen molar-refractivity contribution in [3.8, 4) is 5.75 Å². The van der Waals surface area contributed by atoms with Gasteiger partial charge in [0.05, 0.1) is 26.0 Å². The predicted octanol–water partition coefficient (Wildman–Crippen LogP) is 1.33. The quantitative estimate of drug-likeness (QED) is 0.746. The SMILES string of the molecule is COc1cnc(N2CCC(F)(F)C2)nc1. The molecular weight excluding hydrogens is 204 g/mol. The molecule has 0 radical (unpaired) electrons. The number of ether oxygens (including phenoxy) is 1. The second kappa shape index (κ2) is 3.60. The molecule has 1 aromatic heterocycles. The van der Waals surface area contributed by atoms with Crippen LogP contribution < -0.4 is 9.64 Å². The number of hydrogen-bond acceptors (Lipinski definition) is 4. The molecule has 0 aromatic carbocycles. The molecule has 1 saturated heterocycles. The van der Waals surface area contributed by atoms with Crippen molar-refractivity contribution in [2.75, 3.05) is 25.1 Å². The molecule has 2 heterocycles. The first kappa shape index (κ1) is 10.1. The molecule has 2 rings (SSSR count). The Morgan fingerprint density at radius 1 is 1.40 bits per heavy atom. The summed E-state index contributed by atoms with van der Waals surface area (Å²) in [5.41, 5.74) is 0. The van der Waals surface area contributed by atoms with Gasteiger partial charge in [0.2, 0.25) is 5.95 Å². The molecule has 82 valence electrons. The summed E-state index contributed by atoms with van der Waals surface area (Å²) in [6.07, 6.45) is 2.81. The number of aromatic nitrogens is 2. The van der Waals surface area contributed by atoms with E-state index >= 15 is 0 Å². The Morgan fingerprint density at radius 3 is 2.53 bits per heavy atom. The summed E-state index contributed by atoms with van der Waals surface area (Å²) in [5.74, 6) is -1.78. The maximum absolute atomic E-state index is 12.9. The summed E-state index contributed by atoms with van der Waals surface area (Å²) >= 11 is 0. The molecule has 0 amide bonds. The lowest BCUT2D eigenvalue weighted by atomic mass is 10.3. The fourth-order valence-electron chi connectivity index (χ4n) is 1.48. The lowest BCUT2D eigenvalue weighted by molar-refractivity contribution is 0.0256. The van der Waals surface area contributed by atoms with Crippen molar-refractivity contribution in [2.45, 2.75) is 12.3 Å². The van der Waals surface area contributed by atoms with Crippen LogP contribution in [0, 0.1) is 0 Å². The predicted molar refractivity (Wildman–Crippen MR) is 50.4 cm³/mol. The molecular formula is C9H11F2N3O. The van der Waals surface area contributed by atoms with Gasteiger partial charge in [-0.25, -0.2) is 18.7 Å². The fourth-order valence-corrected chi connectivity index (χ4v) is 1.48. The molecule has 1 aliphatic heterocycles. The van der Waals surface area contributed by atoms with Crippen LogP contribution in [0.25, 0.3) is 0 Å². The first-order valence-electron chi connectivity index (χ1n) is 4.59. The molecule has 0 spiro atoms. The van der Waals surface area contributed by atoms with Gasteiger partial charge in [-0.05, 0) is 0 Å². The zero-order valence-electron chi connectivity index (χ0n) is 8.28. The number of methoxy groups -OCH3 is 1. The summed E-state index contributed by atoms with van der Waals surface area (Å²) in [5, 5.41) is 0. The summed E-state index contributed by atoms with van der Waals surface area (Å²) in [4.78, 5) is 9.38. The van der Waals surface area contributed by atoms with Gasteiger partial charge >= 0.3 is 0 Å². The molecule has 0 unspecified atom stereocenters. The highest BCUT2D eigenvalue weighted by atomic mass is 19.3. The molecule has 0 atom stereocenters. The highest BCUT2D eigenvalue weighted by Crippen LogP contribution is 2.29. The standard InChI is InChI=1S/C9H11F2N3O/c1-15-7-4-12-8(13-5-7)14-3-2-9(10,11)6-14/h4-5H,2-3,6H2,1H3. The third-order valence-corrected chi connectivity index (χ3v) is 2.30. The van der Waals surface area contributed by atoms with Gasteiger partial charge in [-0.2, -0.15) is 0 Å². The highest BCUT2D eigenvalue weighted by molar-refractivity contribution is 5.33.